The second-order valence-corrected chi connectivity index (χ2v) is 4.77. The van der Waals surface area contributed by atoms with Gasteiger partial charge in [-0.2, -0.15) is 0 Å². The topological polar surface area (TPSA) is 38.5 Å². The predicted octanol–water partition coefficient (Wildman–Crippen LogP) is 2.01. The Hall–Kier alpha value is -1.06. The van der Waals surface area contributed by atoms with E-state index in [1.165, 1.54) is 19.3 Å². The van der Waals surface area contributed by atoms with Crippen LogP contribution in [0.1, 0.15) is 24.8 Å². The van der Waals surface area contributed by atoms with Gasteiger partial charge >= 0.3 is 0 Å². The lowest BCUT2D eigenvalue weighted by atomic mass is 9.92. The van der Waals surface area contributed by atoms with Gasteiger partial charge in [0.2, 0.25) is 0 Å². The van der Waals surface area contributed by atoms with Gasteiger partial charge in [-0.3, -0.25) is 0 Å². The van der Waals surface area contributed by atoms with Crippen LogP contribution in [-0.4, -0.2) is 31.1 Å². The maximum atomic E-state index is 5.74. The van der Waals surface area contributed by atoms with Crippen LogP contribution in [0.5, 0.6) is 5.75 Å². The lowest BCUT2D eigenvalue weighted by Crippen LogP contribution is -2.39. The lowest BCUT2D eigenvalue weighted by molar-refractivity contribution is 0.135. The van der Waals surface area contributed by atoms with Crippen LogP contribution in [0.2, 0.25) is 0 Å². The highest BCUT2D eigenvalue weighted by Gasteiger charge is 2.21. The van der Waals surface area contributed by atoms with Crippen molar-refractivity contribution in [1.29, 1.82) is 0 Å². The zero-order valence-corrected chi connectivity index (χ0v) is 10.6. The van der Waals surface area contributed by atoms with Crippen molar-refractivity contribution in [3.05, 3.63) is 29.8 Å². The van der Waals surface area contributed by atoms with E-state index in [2.05, 4.69) is 11.9 Å². The summed E-state index contributed by atoms with van der Waals surface area (Å²) in [5.41, 5.74) is 6.72. The lowest BCUT2D eigenvalue weighted by Gasteiger charge is -2.34. The van der Waals surface area contributed by atoms with E-state index in [1.807, 2.05) is 24.3 Å². The zero-order chi connectivity index (χ0) is 12.1. The van der Waals surface area contributed by atoms with Crippen molar-refractivity contribution >= 4 is 0 Å². The van der Waals surface area contributed by atoms with Gasteiger partial charge in [-0.15, -0.1) is 0 Å². The summed E-state index contributed by atoms with van der Waals surface area (Å²) < 4.78 is 5.74. The summed E-state index contributed by atoms with van der Waals surface area (Å²) in [6, 6.07) is 8.81. The normalized spacial score (nSPS) is 15.9. The average Bonchev–Trinajstić information content (AvgIpc) is 2.27. The number of hydrogen-bond acceptors (Lipinski definition) is 3. The van der Waals surface area contributed by atoms with Crippen molar-refractivity contribution in [3.8, 4) is 5.75 Å². The Balaban J connectivity index is 1.73. The third kappa shape index (κ3) is 3.45. The molecule has 0 radical (unpaired) electrons. The van der Waals surface area contributed by atoms with E-state index < -0.39 is 0 Å². The summed E-state index contributed by atoms with van der Waals surface area (Å²) in [6.45, 7) is 2.32. The van der Waals surface area contributed by atoms with E-state index in [-0.39, 0.29) is 0 Å². The van der Waals surface area contributed by atoms with Crippen LogP contribution < -0.4 is 10.5 Å². The van der Waals surface area contributed by atoms with Crippen LogP contribution >= 0.6 is 0 Å². The molecule has 0 amide bonds. The van der Waals surface area contributed by atoms with E-state index in [1.54, 1.807) is 0 Å². The predicted molar refractivity (Wildman–Crippen MR) is 70.1 cm³/mol. The minimum absolute atomic E-state index is 0.569. The summed E-state index contributed by atoms with van der Waals surface area (Å²) in [6.07, 6.45) is 4.08. The molecule has 1 saturated carbocycles. The van der Waals surface area contributed by atoms with E-state index in [0.29, 0.717) is 6.54 Å². The fraction of sp³-hybridized carbons (Fsp3) is 0.571. The van der Waals surface area contributed by atoms with E-state index >= 15 is 0 Å². The second kappa shape index (κ2) is 6.03. The van der Waals surface area contributed by atoms with Gasteiger partial charge in [-0.05, 0) is 37.6 Å². The molecule has 1 aromatic rings. The van der Waals surface area contributed by atoms with Crippen LogP contribution in [0.15, 0.2) is 24.3 Å². The van der Waals surface area contributed by atoms with E-state index in [4.69, 9.17) is 10.5 Å². The van der Waals surface area contributed by atoms with Crippen molar-refractivity contribution in [2.24, 2.45) is 5.73 Å². The van der Waals surface area contributed by atoms with Crippen molar-refractivity contribution in [2.75, 3.05) is 20.2 Å². The first-order chi connectivity index (χ1) is 8.29. The van der Waals surface area contributed by atoms with Crippen molar-refractivity contribution in [2.45, 2.75) is 31.8 Å². The first-order valence-corrected chi connectivity index (χ1v) is 6.41. The summed E-state index contributed by atoms with van der Waals surface area (Å²) in [7, 11) is 2.18. The monoisotopic (exact) mass is 234 g/mol. The van der Waals surface area contributed by atoms with Crippen LogP contribution in [0.3, 0.4) is 0 Å². The molecule has 3 heteroatoms. The number of nitrogens with two attached hydrogens (primary N) is 1. The van der Waals surface area contributed by atoms with Gasteiger partial charge in [0, 0.05) is 19.1 Å². The Labute approximate surface area is 104 Å². The molecule has 1 aromatic carbocycles. The second-order valence-electron chi connectivity index (χ2n) is 4.77. The number of hydrogen-bond donors (Lipinski definition) is 1. The Bertz CT molecular complexity index is 350. The molecule has 0 unspecified atom stereocenters. The Morgan fingerprint density at radius 2 is 2.24 bits per heavy atom. The zero-order valence-electron chi connectivity index (χ0n) is 10.6. The fourth-order valence-electron chi connectivity index (χ4n) is 2.08. The maximum Gasteiger partial charge on any atom is 0.119 e. The van der Waals surface area contributed by atoms with Gasteiger partial charge in [0.25, 0.3) is 0 Å². The number of likely N-dealkylation sites (N-methyl/N-ethyl adjacent to an activating group) is 1. The molecule has 2 rings (SSSR count). The number of benzene rings is 1. The Morgan fingerprint density at radius 1 is 1.41 bits per heavy atom. The van der Waals surface area contributed by atoms with Gasteiger partial charge in [0.05, 0.1) is 0 Å². The molecule has 0 bridgehead atoms. The van der Waals surface area contributed by atoms with Crippen LogP contribution in [-0.2, 0) is 6.54 Å². The van der Waals surface area contributed by atoms with E-state index in [9.17, 15) is 0 Å². The number of nitrogens with zero attached hydrogens (tertiary/aromatic N) is 1. The quantitative estimate of drug-likeness (QED) is 0.818. The molecule has 94 valence electrons. The third-order valence-corrected chi connectivity index (χ3v) is 3.54. The molecule has 17 heavy (non-hydrogen) atoms. The molecule has 0 spiro atoms. The minimum atomic E-state index is 0.569. The third-order valence-electron chi connectivity index (χ3n) is 3.54. The first kappa shape index (κ1) is 12.4. The van der Waals surface area contributed by atoms with Crippen molar-refractivity contribution < 1.29 is 4.74 Å². The first-order valence-electron chi connectivity index (χ1n) is 6.41. The smallest absolute Gasteiger partial charge is 0.119 e. The summed E-state index contributed by atoms with van der Waals surface area (Å²) >= 11 is 0. The summed E-state index contributed by atoms with van der Waals surface area (Å²) in [4.78, 5) is 2.40. The molecular formula is C14H22N2O. The Morgan fingerprint density at radius 3 is 2.88 bits per heavy atom. The molecule has 2 N–H and O–H groups in total. The molecule has 1 aliphatic carbocycles. The van der Waals surface area contributed by atoms with Crippen LogP contribution in [0.4, 0.5) is 0 Å². The molecule has 0 aliphatic heterocycles. The largest absolute Gasteiger partial charge is 0.492 e. The van der Waals surface area contributed by atoms with Gasteiger partial charge in [0.1, 0.15) is 12.4 Å². The summed E-state index contributed by atoms with van der Waals surface area (Å²) in [5.74, 6) is 0.926. The molecule has 0 atom stereocenters. The highest BCUT2D eigenvalue weighted by molar-refractivity contribution is 5.28. The van der Waals surface area contributed by atoms with Crippen LogP contribution in [0, 0.1) is 0 Å². The standard InChI is InChI=1S/C14H22N2O/c1-16(13-5-3-6-13)8-9-17-14-7-2-4-12(10-14)11-15/h2,4,7,10,13H,3,5-6,8-9,11,15H2,1H3. The molecule has 0 aromatic heterocycles. The van der Waals surface area contributed by atoms with Gasteiger partial charge in [-0.1, -0.05) is 18.6 Å². The van der Waals surface area contributed by atoms with Crippen molar-refractivity contribution in [1.82, 2.24) is 4.90 Å². The van der Waals surface area contributed by atoms with Crippen LogP contribution in [0.25, 0.3) is 0 Å². The SMILES string of the molecule is CN(CCOc1cccc(CN)c1)C1CCC1. The van der Waals surface area contributed by atoms with Crippen molar-refractivity contribution in [3.63, 3.8) is 0 Å². The molecule has 1 aliphatic rings. The van der Waals surface area contributed by atoms with Gasteiger partial charge < -0.3 is 15.4 Å². The minimum Gasteiger partial charge on any atom is -0.492 e. The van der Waals surface area contributed by atoms with Gasteiger partial charge in [0.15, 0.2) is 0 Å². The molecule has 3 nitrogen and oxygen atoms in total. The molecule has 0 saturated heterocycles. The molecular weight excluding hydrogens is 212 g/mol. The maximum absolute atomic E-state index is 5.74. The number of rotatable bonds is 6. The van der Waals surface area contributed by atoms with E-state index in [0.717, 1.165) is 30.5 Å². The fourth-order valence-corrected chi connectivity index (χ4v) is 2.08. The Kier molecular flexibility index (Phi) is 4.40. The number of ether oxygens (including phenoxy) is 1. The molecule has 1 fully saturated rings. The molecule has 0 heterocycles. The average molecular weight is 234 g/mol. The van der Waals surface area contributed by atoms with Gasteiger partial charge in [-0.25, -0.2) is 0 Å². The highest BCUT2D eigenvalue weighted by atomic mass is 16.5. The highest BCUT2D eigenvalue weighted by Crippen LogP contribution is 2.23. The summed E-state index contributed by atoms with van der Waals surface area (Å²) in [5, 5.41) is 0.